The topological polar surface area (TPSA) is 74.2 Å². The molecule has 1 heterocycles. The minimum atomic E-state index is -0.474. The van der Waals surface area contributed by atoms with E-state index in [1.54, 1.807) is 33.3 Å². The molecule has 0 atom stereocenters. The Bertz CT molecular complexity index is 733. The zero-order chi connectivity index (χ0) is 17.7. The molecule has 6 nitrogen and oxygen atoms in total. The normalized spacial score (nSPS) is 15.4. The Balaban J connectivity index is 2.27. The summed E-state index contributed by atoms with van der Waals surface area (Å²) in [4.78, 5) is 27.7. The van der Waals surface area contributed by atoms with Crippen LogP contribution in [0.15, 0.2) is 22.8 Å². The van der Waals surface area contributed by atoms with Gasteiger partial charge in [-0.15, -0.1) is 0 Å². The van der Waals surface area contributed by atoms with Gasteiger partial charge >= 0.3 is 5.30 Å². The standard InChI is InChI=1S/C15H14INO5S2/c1-4-22-15(19)24-14-17-10(13(18)23-14)6-8-5-9(16)12(21-3)11(7-8)20-2/h5-7H,4H2,1-3H3/b10-6+. The number of nitrogens with zero attached hydrogens (tertiary/aromatic N) is 1. The molecule has 0 N–H and O–H groups in total. The predicted molar refractivity (Wildman–Crippen MR) is 105 cm³/mol. The van der Waals surface area contributed by atoms with Crippen LogP contribution in [-0.2, 0) is 9.53 Å². The number of rotatable bonds is 4. The van der Waals surface area contributed by atoms with Gasteiger partial charge in [0, 0.05) is 11.8 Å². The Hall–Kier alpha value is -1.20. The van der Waals surface area contributed by atoms with Crippen LogP contribution in [0.1, 0.15) is 12.5 Å². The maximum absolute atomic E-state index is 12.0. The molecule has 128 valence electrons. The van der Waals surface area contributed by atoms with Crippen LogP contribution in [0.4, 0.5) is 4.79 Å². The first-order valence-corrected chi connectivity index (χ1v) is 9.48. The van der Waals surface area contributed by atoms with Crippen LogP contribution in [-0.4, -0.2) is 35.6 Å². The summed E-state index contributed by atoms with van der Waals surface area (Å²) in [6.45, 7) is 2.00. The van der Waals surface area contributed by atoms with Crippen molar-refractivity contribution < 1.29 is 23.8 Å². The summed E-state index contributed by atoms with van der Waals surface area (Å²) in [6.07, 6.45) is 1.65. The number of carbonyl (C=O) groups excluding carboxylic acids is 2. The lowest BCUT2D eigenvalue weighted by atomic mass is 10.1. The SMILES string of the molecule is CCOC(=O)SC1=N/C(=C/c2cc(I)c(OC)c(OC)c2)C(=O)S1. The van der Waals surface area contributed by atoms with Crippen LogP contribution in [0.25, 0.3) is 6.08 Å². The molecule has 0 fully saturated rings. The Morgan fingerprint density at radius 3 is 2.75 bits per heavy atom. The molecule has 1 aliphatic rings. The fourth-order valence-electron chi connectivity index (χ4n) is 1.83. The molecule has 1 aromatic carbocycles. The summed E-state index contributed by atoms with van der Waals surface area (Å²) in [5.74, 6) is 1.20. The molecule has 0 unspecified atom stereocenters. The highest BCUT2D eigenvalue weighted by molar-refractivity contribution is 14.1. The zero-order valence-corrected chi connectivity index (χ0v) is 16.9. The van der Waals surface area contributed by atoms with Gasteiger partial charge in [-0.3, -0.25) is 4.79 Å². The van der Waals surface area contributed by atoms with E-state index >= 15 is 0 Å². The third-order valence-corrected chi connectivity index (χ3v) is 5.31. The summed E-state index contributed by atoms with van der Waals surface area (Å²) < 4.78 is 16.6. The average Bonchev–Trinajstić information content (AvgIpc) is 2.86. The number of benzene rings is 1. The molecule has 9 heteroatoms. The number of hydrogen-bond donors (Lipinski definition) is 0. The first-order valence-electron chi connectivity index (χ1n) is 6.77. The van der Waals surface area contributed by atoms with Crippen LogP contribution in [0, 0.1) is 3.57 Å². The van der Waals surface area contributed by atoms with E-state index in [1.165, 1.54) is 0 Å². The van der Waals surface area contributed by atoms with Crippen molar-refractivity contribution in [2.75, 3.05) is 20.8 Å². The molecule has 0 aromatic heterocycles. The van der Waals surface area contributed by atoms with E-state index in [4.69, 9.17) is 14.2 Å². The second-order valence-electron chi connectivity index (χ2n) is 4.32. The molecule has 0 radical (unpaired) electrons. The van der Waals surface area contributed by atoms with Gasteiger partial charge in [0.2, 0.25) is 5.12 Å². The van der Waals surface area contributed by atoms with Crippen LogP contribution in [0.2, 0.25) is 0 Å². The first kappa shape index (κ1) is 19.1. The number of hydrogen-bond acceptors (Lipinski definition) is 8. The molecular weight excluding hydrogens is 465 g/mol. The first-order chi connectivity index (χ1) is 11.5. The lowest BCUT2D eigenvalue weighted by molar-refractivity contribution is -0.107. The van der Waals surface area contributed by atoms with E-state index in [2.05, 4.69) is 27.6 Å². The Kier molecular flexibility index (Phi) is 6.99. The lowest BCUT2D eigenvalue weighted by Crippen LogP contribution is -1.98. The van der Waals surface area contributed by atoms with Crippen molar-refractivity contribution in [1.82, 2.24) is 0 Å². The van der Waals surface area contributed by atoms with Crippen molar-refractivity contribution in [3.8, 4) is 11.5 Å². The highest BCUT2D eigenvalue weighted by atomic mass is 127. The van der Waals surface area contributed by atoms with Gasteiger partial charge in [-0.05, 0) is 65.0 Å². The zero-order valence-electron chi connectivity index (χ0n) is 13.1. The monoisotopic (exact) mass is 479 g/mol. The predicted octanol–water partition coefficient (Wildman–Crippen LogP) is 4.17. The lowest BCUT2D eigenvalue weighted by Gasteiger charge is -2.10. The summed E-state index contributed by atoms with van der Waals surface area (Å²) in [5.41, 5.74) is 1.03. The smallest absolute Gasteiger partial charge is 0.374 e. The highest BCUT2D eigenvalue weighted by Crippen LogP contribution is 2.36. The number of thioether (sulfide) groups is 2. The molecule has 24 heavy (non-hydrogen) atoms. The van der Waals surface area contributed by atoms with Crippen LogP contribution < -0.4 is 9.47 Å². The largest absolute Gasteiger partial charge is 0.493 e. The number of aliphatic imine (C=N–C) groups is 1. The number of ether oxygens (including phenoxy) is 3. The number of methoxy groups -OCH3 is 2. The number of halogens is 1. The molecule has 0 saturated carbocycles. The van der Waals surface area contributed by atoms with Crippen molar-refractivity contribution in [3.05, 3.63) is 27.0 Å². The summed E-state index contributed by atoms with van der Waals surface area (Å²) >= 11 is 3.86. The van der Waals surface area contributed by atoms with Crippen LogP contribution >= 0.6 is 46.1 Å². The van der Waals surface area contributed by atoms with Gasteiger partial charge in [0.25, 0.3) is 0 Å². The fourth-order valence-corrected chi connectivity index (χ4v) is 4.25. The van der Waals surface area contributed by atoms with Crippen LogP contribution in [0.5, 0.6) is 11.5 Å². The third kappa shape index (κ3) is 4.67. The molecule has 0 bridgehead atoms. The molecule has 1 aliphatic heterocycles. The van der Waals surface area contributed by atoms with E-state index in [1.807, 2.05) is 6.07 Å². The molecule has 0 spiro atoms. The van der Waals surface area contributed by atoms with Gasteiger partial charge in [-0.25, -0.2) is 9.79 Å². The minimum absolute atomic E-state index is 0.216. The average molecular weight is 479 g/mol. The fraction of sp³-hybridized carbons (Fsp3) is 0.267. The van der Waals surface area contributed by atoms with Gasteiger partial charge in [-0.2, -0.15) is 0 Å². The number of carbonyl (C=O) groups is 2. The second-order valence-corrected chi connectivity index (χ2v) is 7.63. The molecular formula is C15H14INO5S2. The van der Waals surface area contributed by atoms with Gasteiger partial charge < -0.3 is 14.2 Å². The second kappa shape index (κ2) is 8.77. The van der Waals surface area contributed by atoms with Gasteiger partial charge in [0.15, 0.2) is 11.5 Å². The maximum Gasteiger partial charge on any atom is 0.374 e. The van der Waals surface area contributed by atoms with Gasteiger partial charge in [0.05, 0.1) is 24.4 Å². The van der Waals surface area contributed by atoms with Crippen molar-refractivity contribution in [1.29, 1.82) is 0 Å². The molecule has 2 rings (SSSR count). The third-order valence-electron chi connectivity index (χ3n) is 2.79. The summed E-state index contributed by atoms with van der Waals surface area (Å²) in [6, 6.07) is 3.62. The Labute approximate surface area is 161 Å². The van der Waals surface area contributed by atoms with Crippen molar-refractivity contribution in [2.45, 2.75) is 6.92 Å². The van der Waals surface area contributed by atoms with E-state index in [-0.39, 0.29) is 17.4 Å². The maximum atomic E-state index is 12.0. The molecule has 1 aromatic rings. The van der Waals surface area contributed by atoms with Crippen molar-refractivity contribution in [2.24, 2.45) is 4.99 Å². The highest BCUT2D eigenvalue weighted by Gasteiger charge is 2.25. The van der Waals surface area contributed by atoms with E-state index in [9.17, 15) is 9.59 Å². The van der Waals surface area contributed by atoms with Crippen molar-refractivity contribution in [3.63, 3.8) is 0 Å². The van der Waals surface area contributed by atoms with E-state index in [0.717, 1.165) is 32.7 Å². The van der Waals surface area contributed by atoms with Gasteiger partial charge in [-0.1, -0.05) is 0 Å². The molecule has 0 saturated heterocycles. The van der Waals surface area contributed by atoms with Crippen molar-refractivity contribution >= 4 is 67.0 Å². The summed E-state index contributed by atoms with van der Waals surface area (Å²) in [7, 11) is 3.12. The van der Waals surface area contributed by atoms with E-state index in [0.29, 0.717) is 15.9 Å². The Morgan fingerprint density at radius 1 is 1.38 bits per heavy atom. The minimum Gasteiger partial charge on any atom is -0.493 e. The Morgan fingerprint density at radius 2 is 2.12 bits per heavy atom. The molecule has 0 amide bonds. The summed E-state index contributed by atoms with van der Waals surface area (Å²) in [5, 5.41) is -0.690. The van der Waals surface area contributed by atoms with Crippen LogP contribution in [0.3, 0.4) is 0 Å². The molecule has 0 aliphatic carbocycles. The quantitative estimate of drug-likeness (QED) is 0.365. The van der Waals surface area contributed by atoms with E-state index < -0.39 is 5.30 Å². The van der Waals surface area contributed by atoms with Gasteiger partial charge in [0.1, 0.15) is 10.1 Å².